The van der Waals surface area contributed by atoms with Crippen molar-refractivity contribution in [1.82, 2.24) is 20.9 Å². The topological polar surface area (TPSA) is 165 Å². The van der Waals surface area contributed by atoms with E-state index in [0.717, 1.165) is 37.5 Å². The fourth-order valence-corrected chi connectivity index (χ4v) is 7.61. The largest absolute Gasteiger partial charge is 0.390 e. The number of likely N-dealkylation sites (tertiary alicyclic amines) is 1. The summed E-state index contributed by atoms with van der Waals surface area (Å²) in [5.74, 6) is -0.860. The highest BCUT2D eigenvalue weighted by Gasteiger charge is 2.48. The number of nitrogens with one attached hydrogen (secondary N) is 3. The molecule has 1 saturated heterocycles. The second kappa shape index (κ2) is 16.0. The van der Waals surface area contributed by atoms with E-state index < -0.39 is 61.8 Å². The highest BCUT2D eigenvalue weighted by Crippen LogP contribution is 2.39. The van der Waals surface area contributed by atoms with Crippen molar-refractivity contribution in [1.29, 1.82) is 0 Å². The monoisotopic (exact) mass is 692 g/mol. The van der Waals surface area contributed by atoms with Crippen LogP contribution in [0.15, 0.2) is 30.3 Å². The van der Waals surface area contributed by atoms with Crippen LogP contribution in [0.25, 0.3) is 0 Å². The second-order valence-electron chi connectivity index (χ2n) is 15.6. The average Bonchev–Trinajstić information content (AvgIpc) is 3.01. The smallest absolute Gasteiger partial charge is 0.252 e. The number of nitrogens with zero attached hydrogens (tertiary/aromatic N) is 1. The Bertz CT molecular complexity index is 1360. The zero-order valence-corrected chi connectivity index (χ0v) is 31.0. The third-order valence-electron chi connectivity index (χ3n) is 10.6. The first kappa shape index (κ1) is 39.9. The number of amides is 3. The molecule has 1 heterocycles. The van der Waals surface area contributed by atoms with Crippen molar-refractivity contribution in [2.75, 3.05) is 19.3 Å². The Morgan fingerprint density at radius 2 is 1.54 bits per heavy atom. The normalized spacial score (nSPS) is 22.9. The number of hydrogen-bond acceptors (Lipinski definition) is 8. The van der Waals surface area contributed by atoms with E-state index in [1.54, 1.807) is 13.8 Å². The van der Waals surface area contributed by atoms with Crippen LogP contribution in [0.5, 0.6) is 0 Å². The van der Waals surface area contributed by atoms with E-state index in [9.17, 15) is 33.0 Å². The van der Waals surface area contributed by atoms with Gasteiger partial charge >= 0.3 is 0 Å². The molecule has 2 fully saturated rings. The van der Waals surface area contributed by atoms with Crippen LogP contribution in [0.3, 0.4) is 0 Å². The van der Waals surface area contributed by atoms with Gasteiger partial charge in [0.05, 0.1) is 22.9 Å². The minimum absolute atomic E-state index is 0.0694. The van der Waals surface area contributed by atoms with Crippen molar-refractivity contribution >= 4 is 27.6 Å². The maximum absolute atomic E-state index is 14.1. The highest BCUT2D eigenvalue weighted by atomic mass is 32.2. The average molecular weight is 693 g/mol. The van der Waals surface area contributed by atoms with E-state index >= 15 is 0 Å². The second-order valence-corrected chi connectivity index (χ2v) is 18.2. The van der Waals surface area contributed by atoms with Crippen LogP contribution in [0.2, 0.25) is 0 Å². The van der Waals surface area contributed by atoms with Crippen molar-refractivity contribution in [3.8, 4) is 0 Å². The quantitative estimate of drug-likeness (QED) is 0.199. The molecular weight excluding hydrogens is 632 g/mol. The van der Waals surface area contributed by atoms with E-state index in [2.05, 4.69) is 16.0 Å². The number of piperidine rings is 1. The lowest BCUT2D eigenvalue weighted by atomic mass is 9.72. The van der Waals surface area contributed by atoms with Gasteiger partial charge in [-0.2, -0.15) is 0 Å². The summed E-state index contributed by atoms with van der Waals surface area (Å²) in [6.07, 6.45) is 5.36. The molecule has 11 nitrogen and oxygen atoms in total. The van der Waals surface area contributed by atoms with E-state index in [4.69, 9.17) is 0 Å². The van der Waals surface area contributed by atoms with Gasteiger partial charge in [-0.25, -0.2) is 8.42 Å². The molecule has 1 aliphatic heterocycles. The molecule has 272 valence electrons. The zero-order chi connectivity index (χ0) is 36.1. The minimum atomic E-state index is -3.90. The SMILES string of the molecule is CCC(O)(CC)C(=O)N[C@H](C(=O)N[C@@H](Cc1ccccc1)[C@H](O)CN1C[C@H]2CCCC[C@H]2C[C@H]1C(=O)NC(C)(C)C)C(C)(C)S(C)(=O)=O. The number of carbonyl (C=O) groups is 3. The Kier molecular flexibility index (Phi) is 13.3. The van der Waals surface area contributed by atoms with Crippen molar-refractivity contribution in [3.63, 3.8) is 0 Å². The molecule has 12 heteroatoms. The summed E-state index contributed by atoms with van der Waals surface area (Å²) in [7, 11) is -3.90. The van der Waals surface area contributed by atoms with Crippen molar-refractivity contribution in [3.05, 3.63) is 35.9 Å². The number of rotatable bonds is 14. The van der Waals surface area contributed by atoms with Crippen LogP contribution in [-0.2, 0) is 30.6 Å². The summed E-state index contributed by atoms with van der Waals surface area (Å²) >= 11 is 0. The number of fused-ring (bicyclic) bond motifs is 1. The van der Waals surface area contributed by atoms with Gasteiger partial charge in [0.15, 0.2) is 9.84 Å². The third-order valence-corrected chi connectivity index (χ3v) is 12.7. The zero-order valence-electron chi connectivity index (χ0n) is 30.2. The van der Waals surface area contributed by atoms with Gasteiger partial charge in [-0.15, -0.1) is 0 Å². The molecule has 1 aromatic rings. The Morgan fingerprint density at radius 1 is 0.958 bits per heavy atom. The van der Waals surface area contributed by atoms with Gasteiger partial charge in [-0.3, -0.25) is 19.3 Å². The molecule has 2 aliphatic rings. The predicted octanol–water partition coefficient (Wildman–Crippen LogP) is 2.73. The number of β-amino-alcohol motifs (C(OH)–C–C–N with tert-alkyl or cyclic N) is 1. The maximum atomic E-state index is 14.1. The molecule has 3 rings (SSSR count). The number of benzene rings is 1. The van der Waals surface area contributed by atoms with Gasteiger partial charge in [0, 0.05) is 24.9 Å². The van der Waals surface area contributed by atoms with E-state index in [1.807, 2.05) is 56.0 Å². The summed E-state index contributed by atoms with van der Waals surface area (Å²) in [6.45, 7) is 12.6. The summed E-state index contributed by atoms with van der Waals surface area (Å²) in [5.41, 5.74) is -1.38. The maximum Gasteiger partial charge on any atom is 0.252 e. The molecule has 6 atom stereocenters. The number of sulfone groups is 1. The molecule has 1 saturated carbocycles. The number of aliphatic hydroxyl groups excluding tert-OH is 1. The molecular formula is C36H60N4O7S. The molecule has 5 N–H and O–H groups in total. The van der Waals surface area contributed by atoms with Gasteiger partial charge < -0.3 is 26.2 Å². The van der Waals surface area contributed by atoms with Crippen LogP contribution < -0.4 is 16.0 Å². The Hall–Kier alpha value is -2.54. The molecule has 0 bridgehead atoms. The molecule has 1 aliphatic carbocycles. The third kappa shape index (κ3) is 10.0. The summed E-state index contributed by atoms with van der Waals surface area (Å²) in [6, 6.07) is 6.43. The molecule has 0 radical (unpaired) electrons. The molecule has 3 amide bonds. The van der Waals surface area contributed by atoms with E-state index in [0.29, 0.717) is 24.8 Å². The van der Waals surface area contributed by atoms with Crippen molar-refractivity contribution in [2.24, 2.45) is 11.8 Å². The number of aliphatic hydroxyl groups is 2. The summed E-state index contributed by atoms with van der Waals surface area (Å²) in [5, 5.41) is 31.4. The standard InChI is InChI=1S/C36H60N4O7S/c1-9-36(45,10-2)33(44)38-30(35(6,7)48(8,46)47)32(43)37-27(20-24-16-12-11-13-17-24)29(41)23-40-22-26-19-15-14-18-25(26)21-28(40)31(42)39-34(3,4)5/h11-13,16-17,25-30,41,45H,9-10,14-15,18-23H2,1-8H3,(H,37,43)(H,38,44)(H,39,42)/t25-,26+,27-,28-,29+,30+/m0/s1. The minimum Gasteiger partial charge on any atom is -0.390 e. The molecule has 1 aromatic carbocycles. The van der Waals surface area contributed by atoms with E-state index in [1.165, 1.54) is 13.8 Å². The van der Waals surface area contributed by atoms with Gasteiger partial charge in [0.1, 0.15) is 11.6 Å². The fourth-order valence-electron chi connectivity index (χ4n) is 7.02. The summed E-state index contributed by atoms with van der Waals surface area (Å²) < 4.78 is 24.2. The van der Waals surface area contributed by atoms with Gasteiger partial charge in [0.25, 0.3) is 5.91 Å². The molecule has 0 unspecified atom stereocenters. The molecule has 0 aromatic heterocycles. The number of carbonyl (C=O) groups excluding carboxylic acids is 3. The van der Waals surface area contributed by atoms with Gasteiger partial charge in [-0.1, -0.05) is 63.4 Å². The first-order valence-corrected chi connectivity index (χ1v) is 19.4. The van der Waals surface area contributed by atoms with Crippen LogP contribution in [0.1, 0.15) is 99.0 Å². The Labute approximate surface area is 287 Å². The lowest BCUT2D eigenvalue weighted by Crippen LogP contribution is -2.65. The lowest BCUT2D eigenvalue weighted by Gasteiger charge is -2.47. The first-order valence-electron chi connectivity index (χ1n) is 17.5. The fraction of sp³-hybridized carbons (Fsp3) is 0.750. The first-order chi connectivity index (χ1) is 22.2. The van der Waals surface area contributed by atoms with Crippen molar-refractivity contribution in [2.45, 2.75) is 140 Å². The molecule has 48 heavy (non-hydrogen) atoms. The van der Waals surface area contributed by atoms with Crippen molar-refractivity contribution < 1.29 is 33.0 Å². The highest BCUT2D eigenvalue weighted by molar-refractivity contribution is 7.92. The molecule has 0 spiro atoms. The Morgan fingerprint density at radius 3 is 2.08 bits per heavy atom. The van der Waals surface area contributed by atoms with E-state index in [-0.39, 0.29) is 31.7 Å². The van der Waals surface area contributed by atoms with Crippen LogP contribution in [-0.4, -0.2) is 101 Å². The van der Waals surface area contributed by atoms with Crippen LogP contribution >= 0.6 is 0 Å². The van der Waals surface area contributed by atoms with Crippen LogP contribution in [0.4, 0.5) is 0 Å². The Balaban J connectivity index is 1.96. The van der Waals surface area contributed by atoms with Gasteiger partial charge in [-0.05, 0) is 84.1 Å². The van der Waals surface area contributed by atoms with Gasteiger partial charge in [0.2, 0.25) is 11.8 Å². The predicted molar refractivity (Wildman–Crippen MR) is 188 cm³/mol. The lowest BCUT2D eigenvalue weighted by molar-refractivity contribution is -0.144. The summed E-state index contributed by atoms with van der Waals surface area (Å²) in [4.78, 5) is 43.1. The van der Waals surface area contributed by atoms with Crippen LogP contribution in [0, 0.1) is 11.8 Å². The number of hydrogen-bond donors (Lipinski definition) is 5.